The monoisotopic (exact) mass is 598 g/mol. The molecule has 2 atom stereocenters. The number of hydrogen-bond donors (Lipinski definition) is 0. The summed E-state index contributed by atoms with van der Waals surface area (Å²) in [5.74, 6) is 0.407. The molecule has 0 amide bonds. The number of ether oxygens (including phenoxy) is 1. The number of hydrogen-bond acceptors (Lipinski definition) is 5. The van der Waals surface area contributed by atoms with Crippen LogP contribution in [0.3, 0.4) is 0 Å². The Morgan fingerprint density at radius 2 is 1.49 bits per heavy atom. The summed E-state index contributed by atoms with van der Waals surface area (Å²) in [6, 6.07) is 0. The van der Waals surface area contributed by atoms with Gasteiger partial charge in [0.2, 0.25) is 5.91 Å². The normalized spacial score (nSPS) is 18.9. The van der Waals surface area contributed by atoms with Crippen LogP contribution in [0.25, 0.3) is 0 Å². The molecule has 6 heteroatoms. The Hall–Kier alpha value is -1.95. The van der Waals surface area contributed by atoms with E-state index in [2.05, 4.69) is 25.8 Å². The minimum Gasteiger partial charge on any atom is -0.466 e. The van der Waals surface area contributed by atoms with Crippen LogP contribution >= 0.6 is 0 Å². The van der Waals surface area contributed by atoms with Crippen LogP contribution in [0.2, 0.25) is 0 Å². The number of rotatable bonds is 19. The zero-order valence-corrected chi connectivity index (χ0v) is 28.5. The van der Waals surface area contributed by atoms with Crippen molar-refractivity contribution in [2.24, 2.45) is 17.3 Å². The molecule has 2 aliphatic rings. The van der Waals surface area contributed by atoms with E-state index in [4.69, 9.17) is 4.74 Å². The van der Waals surface area contributed by atoms with Gasteiger partial charge >= 0.3 is 5.97 Å². The Morgan fingerprint density at radius 3 is 2.07 bits per heavy atom. The van der Waals surface area contributed by atoms with Gasteiger partial charge in [-0.3, -0.25) is 19.0 Å². The van der Waals surface area contributed by atoms with E-state index in [0.29, 0.717) is 18.8 Å². The lowest BCUT2D eigenvalue weighted by Crippen LogP contribution is -2.46. The number of nitrogens with zero attached hydrogens (tertiary/aromatic N) is 2. The average molecular weight is 599 g/mol. The summed E-state index contributed by atoms with van der Waals surface area (Å²) in [5, 5.41) is 0. The molecule has 0 aromatic carbocycles. The molecular formula is C37H62N2O4. The van der Waals surface area contributed by atoms with E-state index >= 15 is 0 Å². The van der Waals surface area contributed by atoms with E-state index in [1.807, 2.05) is 25.3 Å². The largest absolute Gasteiger partial charge is 0.466 e. The highest BCUT2D eigenvalue weighted by Gasteiger charge is 2.44. The Balaban J connectivity index is 1.40. The van der Waals surface area contributed by atoms with E-state index in [9.17, 15) is 14.4 Å². The van der Waals surface area contributed by atoms with Gasteiger partial charge in [0.15, 0.2) is 5.78 Å². The maximum atomic E-state index is 14.0. The quantitative estimate of drug-likeness (QED) is 0.118. The molecule has 0 radical (unpaired) electrons. The molecule has 244 valence electrons. The molecule has 1 aromatic rings. The Kier molecular flexibility index (Phi) is 14.5. The Bertz CT molecular complexity index is 1060. The molecule has 0 bridgehead atoms. The molecule has 0 unspecified atom stereocenters. The molecule has 0 N–H and O–H groups in total. The van der Waals surface area contributed by atoms with Crippen molar-refractivity contribution >= 4 is 17.7 Å². The van der Waals surface area contributed by atoms with E-state index < -0.39 is 5.41 Å². The number of Topliss-reactive ketones (excluding diaryl/α,β-unsaturated/α-hetero) is 1. The number of fused-ring (bicyclic) bond motifs is 2. The van der Waals surface area contributed by atoms with Gasteiger partial charge in [0.05, 0.1) is 6.61 Å². The minimum absolute atomic E-state index is 0.00710. The predicted octanol–water partition coefficient (Wildman–Crippen LogP) is 8.75. The first kappa shape index (κ1) is 35.5. The van der Waals surface area contributed by atoms with Crippen molar-refractivity contribution in [2.45, 2.75) is 150 Å². The predicted molar refractivity (Wildman–Crippen MR) is 176 cm³/mol. The van der Waals surface area contributed by atoms with Crippen molar-refractivity contribution in [2.75, 3.05) is 26.7 Å². The topological polar surface area (TPSA) is 68.6 Å². The number of likely N-dealkylation sites (tertiary alicyclic amines) is 1. The van der Waals surface area contributed by atoms with Crippen LogP contribution < -0.4 is 0 Å². The maximum absolute atomic E-state index is 14.0. The third-order valence-electron chi connectivity index (χ3n) is 10.2. The second-order valence-corrected chi connectivity index (χ2v) is 14.2. The van der Waals surface area contributed by atoms with Crippen LogP contribution in [-0.4, -0.2) is 53.9 Å². The average Bonchev–Trinajstić information content (AvgIpc) is 3.26. The molecular weight excluding hydrogens is 536 g/mol. The smallest absolute Gasteiger partial charge is 0.305 e. The molecule has 6 nitrogen and oxygen atoms in total. The van der Waals surface area contributed by atoms with Gasteiger partial charge in [-0.05, 0) is 64.1 Å². The third-order valence-corrected chi connectivity index (χ3v) is 10.2. The lowest BCUT2D eigenvalue weighted by atomic mass is 9.72. The number of aromatic nitrogens is 1. The summed E-state index contributed by atoms with van der Waals surface area (Å²) in [7, 11) is 2.09. The van der Waals surface area contributed by atoms with Gasteiger partial charge < -0.3 is 9.64 Å². The standard InChI is InChI=1S/C37H62N2O4/c1-7-9-10-11-12-13-14-15-16-17-18-19-20-21-33(40)43-25-23-37(4,5)36(42)39-28(3)30(8-2)34-32(39)26-29-22-24-38(6)27-31(29)35(34)41/h29,31H,7-27H2,1-6H3/t29-,31+/m0/s1. The second-order valence-electron chi connectivity index (χ2n) is 14.2. The Labute approximate surface area is 262 Å². The zero-order valence-electron chi connectivity index (χ0n) is 28.5. The van der Waals surface area contributed by atoms with Crippen molar-refractivity contribution in [1.29, 1.82) is 0 Å². The van der Waals surface area contributed by atoms with Crippen molar-refractivity contribution in [3.8, 4) is 0 Å². The lowest BCUT2D eigenvalue weighted by Gasteiger charge is -2.39. The molecule has 2 heterocycles. The van der Waals surface area contributed by atoms with Crippen molar-refractivity contribution in [1.82, 2.24) is 9.47 Å². The molecule has 1 aromatic heterocycles. The van der Waals surface area contributed by atoms with E-state index in [-0.39, 0.29) is 30.2 Å². The van der Waals surface area contributed by atoms with Gasteiger partial charge in [-0.1, -0.05) is 105 Å². The fourth-order valence-electron chi connectivity index (χ4n) is 7.32. The molecule has 43 heavy (non-hydrogen) atoms. The maximum Gasteiger partial charge on any atom is 0.305 e. The summed E-state index contributed by atoms with van der Waals surface area (Å²) in [6.07, 6.45) is 20.1. The summed E-state index contributed by atoms with van der Waals surface area (Å²) in [5.41, 5.74) is 2.96. The summed E-state index contributed by atoms with van der Waals surface area (Å²) in [4.78, 5) is 42.3. The number of esters is 1. The van der Waals surface area contributed by atoms with Crippen molar-refractivity contribution in [3.05, 3.63) is 22.5 Å². The summed E-state index contributed by atoms with van der Waals surface area (Å²) >= 11 is 0. The summed E-state index contributed by atoms with van der Waals surface area (Å²) < 4.78 is 7.44. The number of carbonyl (C=O) groups is 3. The molecule has 1 fully saturated rings. The highest BCUT2D eigenvalue weighted by Crippen LogP contribution is 2.40. The third kappa shape index (κ3) is 9.77. The molecule has 3 rings (SSSR count). The van der Waals surface area contributed by atoms with Gasteiger partial charge in [-0.2, -0.15) is 0 Å². The number of piperidine rings is 1. The van der Waals surface area contributed by atoms with Crippen molar-refractivity contribution < 1.29 is 19.1 Å². The first-order chi connectivity index (χ1) is 20.6. The highest BCUT2D eigenvalue weighted by atomic mass is 16.5. The van der Waals surface area contributed by atoms with E-state index in [1.165, 1.54) is 70.6 Å². The first-order valence-electron chi connectivity index (χ1n) is 17.8. The van der Waals surface area contributed by atoms with E-state index in [0.717, 1.165) is 67.7 Å². The van der Waals surface area contributed by atoms with E-state index in [1.54, 1.807) is 0 Å². The number of ketones is 1. The molecule has 0 spiro atoms. The zero-order chi connectivity index (χ0) is 31.4. The summed E-state index contributed by atoms with van der Waals surface area (Å²) in [6.45, 7) is 12.3. The second kappa shape index (κ2) is 17.5. The van der Waals surface area contributed by atoms with Gasteiger partial charge in [-0.25, -0.2) is 0 Å². The van der Waals surface area contributed by atoms with Crippen LogP contribution in [-0.2, 0) is 22.4 Å². The van der Waals surface area contributed by atoms with Crippen molar-refractivity contribution in [3.63, 3.8) is 0 Å². The molecule has 1 aliphatic carbocycles. The highest BCUT2D eigenvalue weighted by molar-refractivity contribution is 6.04. The van der Waals surface area contributed by atoms with Crippen LogP contribution in [0.1, 0.15) is 163 Å². The van der Waals surface area contributed by atoms with Gasteiger partial charge in [-0.15, -0.1) is 0 Å². The fraction of sp³-hybridized carbons (Fsp3) is 0.811. The van der Waals surface area contributed by atoms with Gasteiger partial charge in [0.1, 0.15) is 0 Å². The van der Waals surface area contributed by atoms with Gasteiger partial charge in [0, 0.05) is 41.2 Å². The number of carbonyl (C=O) groups excluding carboxylic acids is 3. The van der Waals surface area contributed by atoms with Crippen LogP contribution in [0.5, 0.6) is 0 Å². The van der Waals surface area contributed by atoms with Crippen LogP contribution in [0.15, 0.2) is 0 Å². The Morgan fingerprint density at radius 1 is 0.907 bits per heavy atom. The van der Waals surface area contributed by atoms with Crippen LogP contribution in [0, 0.1) is 24.2 Å². The molecule has 1 aliphatic heterocycles. The lowest BCUT2D eigenvalue weighted by molar-refractivity contribution is -0.144. The van der Waals surface area contributed by atoms with Gasteiger partial charge in [0.25, 0.3) is 0 Å². The number of unbranched alkanes of at least 4 members (excludes halogenated alkanes) is 12. The molecule has 0 saturated carbocycles. The molecule has 1 saturated heterocycles. The fourth-order valence-corrected chi connectivity index (χ4v) is 7.32. The first-order valence-corrected chi connectivity index (χ1v) is 17.8. The SMILES string of the molecule is CCCCCCCCCCCCCCCC(=O)OCCC(C)(C)C(=O)n1c(C)c(CC)c2c1C[C@@H]1CCN(C)C[C@H]1C2=O. The van der Waals surface area contributed by atoms with Crippen LogP contribution in [0.4, 0.5) is 0 Å². The minimum atomic E-state index is -0.703.